The van der Waals surface area contributed by atoms with Crippen LogP contribution in [0.15, 0.2) is 0 Å². The molecular weight excluding hydrogens is 350 g/mol. The zero-order valence-electron chi connectivity index (χ0n) is 17.4. The number of carbonyl (C=O) groups excluding carboxylic acids is 2. The molecule has 0 aromatic heterocycles. The van der Waals surface area contributed by atoms with Gasteiger partial charge in [0.15, 0.2) is 0 Å². The summed E-state index contributed by atoms with van der Waals surface area (Å²) in [6.45, 7) is 10.4. The third-order valence-electron chi connectivity index (χ3n) is 6.62. The maximum Gasteiger partial charge on any atom is 0.265 e. The molecule has 2 amide bonds. The van der Waals surface area contributed by atoms with Gasteiger partial charge in [-0.2, -0.15) is 0 Å². The van der Waals surface area contributed by atoms with E-state index in [2.05, 4.69) is 0 Å². The van der Waals surface area contributed by atoms with Crippen molar-refractivity contribution in [2.75, 3.05) is 19.6 Å². The number of piperidine rings is 2. The van der Waals surface area contributed by atoms with Gasteiger partial charge in [-0.05, 0) is 37.5 Å². The molecule has 0 N–H and O–H groups in total. The lowest BCUT2D eigenvalue weighted by Gasteiger charge is -2.40. The third kappa shape index (κ3) is 4.14. The Morgan fingerprint density at radius 3 is 2.26 bits per heavy atom. The van der Waals surface area contributed by atoms with E-state index in [0.717, 1.165) is 19.4 Å². The van der Waals surface area contributed by atoms with Gasteiger partial charge in [-0.1, -0.05) is 34.6 Å². The first-order chi connectivity index (χ1) is 12.3. The van der Waals surface area contributed by atoms with Crippen molar-refractivity contribution in [3.05, 3.63) is 0 Å². The molecule has 2 bridgehead atoms. The van der Waals surface area contributed by atoms with E-state index in [0.29, 0.717) is 31.2 Å². The van der Waals surface area contributed by atoms with Crippen LogP contribution in [0.3, 0.4) is 0 Å². The minimum absolute atomic E-state index is 0.124. The molecule has 3 rings (SSSR count). The molecule has 3 unspecified atom stereocenters. The van der Waals surface area contributed by atoms with Gasteiger partial charge in [0, 0.05) is 36.4 Å². The summed E-state index contributed by atoms with van der Waals surface area (Å²) in [5, 5.41) is 0. The molecule has 154 valence electrons. The highest BCUT2D eigenvalue weighted by Crippen LogP contribution is 2.48. The summed E-state index contributed by atoms with van der Waals surface area (Å²) in [6, 6.07) is 0.275. The number of carbonyl (C=O) groups is 2. The van der Waals surface area contributed by atoms with Crippen molar-refractivity contribution >= 4 is 11.8 Å². The first-order valence-corrected chi connectivity index (χ1v) is 10.3. The number of alkyl halides is 2. The maximum absolute atomic E-state index is 13.7. The molecule has 3 fully saturated rings. The van der Waals surface area contributed by atoms with E-state index in [-0.39, 0.29) is 29.7 Å². The van der Waals surface area contributed by atoms with Gasteiger partial charge in [0.1, 0.15) is 0 Å². The number of nitrogens with zero attached hydrogens (tertiary/aromatic N) is 2. The highest BCUT2D eigenvalue weighted by Gasteiger charge is 2.50. The Morgan fingerprint density at radius 1 is 1.07 bits per heavy atom. The molecule has 3 atom stereocenters. The third-order valence-corrected chi connectivity index (χ3v) is 6.62. The molecule has 6 heteroatoms. The summed E-state index contributed by atoms with van der Waals surface area (Å²) in [5.41, 5.74) is -1.00. The molecule has 2 heterocycles. The summed E-state index contributed by atoms with van der Waals surface area (Å²) in [4.78, 5) is 28.9. The minimum atomic E-state index is -2.76. The molecule has 1 aliphatic carbocycles. The quantitative estimate of drug-likeness (QED) is 0.739. The lowest BCUT2D eigenvalue weighted by Crippen LogP contribution is -2.51. The van der Waals surface area contributed by atoms with E-state index in [1.807, 2.05) is 39.5 Å². The van der Waals surface area contributed by atoms with E-state index in [1.165, 1.54) is 4.90 Å². The van der Waals surface area contributed by atoms with E-state index in [1.54, 1.807) is 0 Å². The molecule has 0 radical (unpaired) electrons. The van der Waals surface area contributed by atoms with Crippen LogP contribution in [0, 0.1) is 22.7 Å². The fourth-order valence-electron chi connectivity index (χ4n) is 5.30. The Bertz CT molecular complexity index is 612. The van der Waals surface area contributed by atoms with Crippen LogP contribution >= 0.6 is 0 Å². The van der Waals surface area contributed by atoms with Crippen molar-refractivity contribution in [2.24, 2.45) is 22.7 Å². The Hall–Kier alpha value is -1.20. The second-order valence-corrected chi connectivity index (χ2v) is 10.6. The number of amides is 2. The average molecular weight is 385 g/mol. The van der Waals surface area contributed by atoms with Gasteiger partial charge in [-0.3, -0.25) is 9.59 Å². The van der Waals surface area contributed by atoms with Crippen molar-refractivity contribution < 1.29 is 18.4 Å². The van der Waals surface area contributed by atoms with E-state index < -0.39 is 17.9 Å². The van der Waals surface area contributed by atoms with Crippen LogP contribution in [0.5, 0.6) is 0 Å². The number of hydrogen-bond donors (Lipinski definition) is 0. The van der Waals surface area contributed by atoms with Gasteiger partial charge in [0.05, 0.1) is 6.54 Å². The standard InChI is InChI=1S/C21H34F2N2O2/c1-19(2,3)17(26)25-12-15-10-16(25)9-14(15)11-20(4,5)18(27)24-8-6-7-21(22,23)13-24/h14-16H,6-13H2,1-5H3. The number of hydrogen-bond acceptors (Lipinski definition) is 2. The molecule has 0 aromatic carbocycles. The molecule has 3 aliphatic rings. The number of halogens is 2. The van der Waals surface area contributed by atoms with Gasteiger partial charge >= 0.3 is 0 Å². The molecule has 0 aromatic rings. The number of fused-ring (bicyclic) bond motifs is 2. The van der Waals surface area contributed by atoms with Gasteiger partial charge in [0.25, 0.3) is 5.92 Å². The maximum atomic E-state index is 13.7. The predicted octanol–water partition coefficient (Wildman–Crippen LogP) is 3.94. The predicted molar refractivity (Wildman–Crippen MR) is 100 cm³/mol. The smallest absolute Gasteiger partial charge is 0.265 e. The van der Waals surface area contributed by atoms with Crippen LogP contribution < -0.4 is 0 Å². The summed E-state index contributed by atoms with van der Waals surface area (Å²) < 4.78 is 27.4. The van der Waals surface area contributed by atoms with Crippen LogP contribution in [-0.4, -0.2) is 53.2 Å². The van der Waals surface area contributed by atoms with E-state index in [4.69, 9.17) is 0 Å². The topological polar surface area (TPSA) is 40.6 Å². The van der Waals surface area contributed by atoms with E-state index >= 15 is 0 Å². The van der Waals surface area contributed by atoms with Crippen molar-refractivity contribution in [3.8, 4) is 0 Å². The SMILES string of the molecule is CC(C)(C)C(=O)N1CC2CC1CC2CC(C)(C)C(=O)N1CCCC(F)(F)C1. The summed E-state index contributed by atoms with van der Waals surface area (Å²) >= 11 is 0. The Morgan fingerprint density at radius 2 is 1.74 bits per heavy atom. The monoisotopic (exact) mass is 384 g/mol. The fraction of sp³-hybridized carbons (Fsp3) is 0.905. The average Bonchev–Trinajstić information content (AvgIpc) is 3.10. The molecule has 2 saturated heterocycles. The van der Waals surface area contributed by atoms with Crippen LogP contribution in [-0.2, 0) is 9.59 Å². The van der Waals surface area contributed by atoms with Gasteiger partial charge in [-0.25, -0.2) is 8.78 Å². The van der Waals surface area contributed by atoms with Crippen LogP contribution in [0.1, 0.15) is 66.7 Å². The molecule has 27 heavy (non-hydrogen) atoms. The lowest BCUT2D eigenvalue weighted by atomic mass is 9.76. The highest BCUT2D eigenvalue weighted by atomic mass is 19.3. The lowest BCUT2D eigenvalue weighted by molar-refractivity contribution is -0.152. The Labute approximate surface area is 161 Å². The van der Waals surface area contributed by atoms with Crippen molar-refractivity contribution in [1.29, 1.82) is 0 Å². The second-order valence-electron chi connectivity index (χ2n) is 10.6. The molecule has 1 saturated carbocycles. The number of rotatable bonds is 3. The van der Waals surface area contributed by atoms with Crippen molar-refractivity contribution in [1.82, 2.24) is 9.80 Å². The van der Waals surface area contributed by atoms with E-state index in [9.17, 15) is 18.4 Å². The van der Waals surface area contributed by atoms with Gasteiger partial charge in [-0.15, -0.1) is 0 Å². The first-order valence-electron chi connectivity index (χ1n) is 10.3. The zero-order chi connectivity index (χ0) is 20.2. The van der Waals surface area contributed by atoms with Crippen LogP contribution in [0.4, 0.5) is 8.78 Å². The Balaban J connectivity index is 1.60. The van der Waals surface area contributed by atoms with Gasteiger partial charge in [0.2, 0.25) is 11.8 Å². The highest BCUT2D eigenvalue weighted by molar-refractivity contribution is 5.83. The minimum Gasteiger partial charge on any atom is -0.339 e. The molecule has 0 spiro atoms. The summed E-state index contributed by atoms with van der Waals surface area (Å²) in [5.74, 6) is -1.88. The zero-order valence-corrected chi connectivity index (χ0v) is 17.4. The normalized spacial score (nSPS) is 30.7. The molecular formula is C21H34F2N2O2. The van der Waals surface area contributed by atoms with Crippen molar-refractivity contribution in [3.63, 3.8) is 0 Å². The fourth-order valence-corrected chi connectivity index (χ4v) is 5.30. The largest absolute Gasteiger partial charge is 0.339 e. The number of likely N-dealkylation sites (tertiary alicyclic amines) is 2. The van der Waals surface area contributed by atoms with Crippen LogP contribution in [0.25, 0.3) is 0 Å². The van der Waals surface area contributed by atoms with Crippen LogP contribution in [0.2, 0.25) is 0 Å². The first kappa shape index (κ1) is 20.5. The van der Waals surface area contributed by atoms with Crippen molar-refractivity contribution in [2.45, 2.75) is 78.7 Å². The summed E-state index contributed by atoms with van der Waals surface area (Å²) in [6.07, 6.45) is 2.90. The molecule has 2 aliphatic heterocycles. The Kier molecular flexibility index (Phi) is 5.09. The summed E-state index contributed by atoms with van der Waals surface area (Å²) in [7, 11) is 0. The second kappa shape index (κ2) is 6.70. The molecule has 4 nitrogen and oxygen atoms in total. The van der Waals surface area contributed by atoms with Gasteiger partial charge < -0.3 is 9.80 Å².